The minimum atomic E-state index is -0.976. The SMILES string of the molecule is CCc1oc(-c2cccc(OC)c2)cc1C=CC(=O)O. The summed E-state index contributed by atoms with van der Waals surface area (Å²) in [5, 5.41) is 8.70. The fourth-order valence-electron chi connectivity index (χ4n) is 1.94. The lowest BCUT2D eigenvalue weighted by molar-refractivity contribution is -0.131. The van der Waals surface area contributed by atoms with Crippen LogP contribution in [-0.4, -0.2) is 18.2 Å². The third-order valence-electron chi connectivity index (χ3n) is 2.92. The number of aliphatic carboxylic acids is 1. The van der Waals surface area contributed by atoms with Gasteiger partial charge in [-0.1, -0.05) is 19.1 Å². The van der Waals surface area contributed by atoms with Crippen molar-refractivity contribution in [1.29, 1.82) is 0 Å². The van der Waals surface area contributed by atoms with Gasteiger partial charge in [-0.2, -0.15) is 0 Å². The number of benzene rings is 1. The number of carboxylic acid groups (broad SMARTS) is 1. The molecule has 0 saturated heterocycles. The number of furan rings is 1. The number of hydrogen-bond donors (Lipinski definition) is 1. The molecule has 1 N–H and O–H groups in total. The van der Waals surface area contributed by atoms with Gasteiger partial charge in [-0.05, 0) is 24.3 Å². The lowest BCUT2D eigenvalue weighted by atomic mass is 10.1. The number of carboxylic acids is 1. The van der Waals surface area contributed by atoms with Gasteiger partial charge in [0.2, 0.25) is 0 Å². The molecule has 0 atom stereocenters. The molecule has 0 spiro atoms. The van der Waals surface area contributed by atoms with Crippen LogP contribution in [0.25, 0.3) is 17.4 Å². The van der Waals surface area contributed by atoms with E-state index in [1.54, 1.807) is 13.2 Å². The molecule has 0 aliphatic rings. The van der Waals surface area contributed by atoms with Crippen LogP contribution in [0.5, 0.6) is 5.75 Å². The maximum atomic E-state index is 10.6. The van der Waals surface area contributed by atoms with Crippen LogP contribution >= 0.6 is 0 Å². The molecule has 2 aromatic rings. The molecule has 2 rings (SSSR count). The number of rotatable bonds is 5. The zero-order valence-electron chi connectivity index (χ0n) is 11.4. The summed E-state index contributed by atoms with van der Waals surface area (Å²) >= 11 is 0. The zero-order valence-corrected chi connectivity index (χ0v) is 11.4. The molecule has 0 bridgehead atoms. The smallest absolute Gasteiger partial charge is 0.328 e. The number of methoxy groups -OCH3 is 1. The van der Waals surface area contributed by atoms with Crippen molar-refractivity contribution < 1.29 is 19.1 Å². The van der Waals surface area contributed by atoms with Gasteiger partial charge >= 0.3 is 5.97 Å². The van der Waals surface area contributed by atoms with Crippen LogP contribution in [0.2, 0.25) is 0 Å². The number of ether oxygens (including phenoxy) is 1. The Bertz CT molecular complexity index is 638. The summed E-state index contributed by atoms with van der Waals surface area (Å²) in [5.74, 6) is 1.24. The van der Waals surface area contributed by atoms with Crippen LogP contribution < -0.4 is 4.74 Å². The highest BCUT2D eigenvalue weighted by Crippen LogP contribution is 2.29. The first kappa shape index (κ1) is 13.9. The maximum Gasteiger partial charge on any atom is 0.328 e. The maximum absolute atomic E-state index is 10.6. The summed E-state index contributed by atoms with van der Waals surface area (Å²) in [6.45, 7) is 1.96. The second-order valence-corrected chi connectivity index (χ2v) is 4.25. The minimum absolute atomic E-state index is 0.698. The molecule has 0 saturated carbocycles. The van der Waals surface area contributed by atoms with E-state index in [0.717, 1.165) is 28.7 Å². The van der Waals surface area contributed by atoms with E-state index in [1.165, 1.54) is 0 Å². The van der Waals surface area contributed by atoms with Crippen molar-refractivity contribution in [3.05, 3.63) is 47.7 Å². The van der Waals surface area contributed by atoms with E-state index in [4.69, 9.17) is 14.3 Å². The highest BCUT2D eigenvalue weighted by Gasteiger charge is 2.10. The molecular weight excluding hydrogens is 256 g/mol. The molecule has 0 unspecified atom stereocenters. The third kappa shape index (κ3) is 3.09. The van der Waals surface area contributed by atoms with Crippen molar-refractivity contribution >= 4 is 12.0 Å². The first-order chi connectivity index (χ1) is 9.63. The van der Waals surface area contributed by atoms with Gasteiger partial charge in [-0.15, -0.1) is 0 Å². The Labute approximate surface area is 117 Å². The van der Waals surface area contributed by atoms with Gasteiger partial charge in [0.25, 0.3) is 0 Å². The Morgan fingerprint density at radius 3 is 2.85 bits per heavy atom. The summed E-state index contributed by atoms with van der Waals surface area (Å²) in [4.78, 5) is 10.6. The van der Waals surface area contributed by atoms with Crippen LogP contribution in [-0.2, 0) is 11.2 Å². The Morgan fingerprint density at radius 2 is 2.20 bits per heavy atom. The summed E-state index contributed by atoms with van der Waals surface area (Å²) in [5.41, 5.74) is 1.68. The van der Waals surface area contributed by atoms with E-state index in [9.17, 15) is 4.79 Å². The molecule has 20 heavy (non-hydrogen) atoms. The average Bonchev–Trinajstić information content (AvgIpc) is 2.88. The summed E-state index contributed by atoms with van der Waals surface area (Å²) in [7, 11) is 1.61. The zero-order chi connectivity index (χ0) is 14.5. The van der Waals surface area contributed by atoms with Crippen molar-refractivity contribution in [3.8, 4) is 17.1 Å². The van der Waals surface area contributed by atoms with Gasteiger partial charge in [0.05, 0.1) is 7.11 Å². The molecule has 1 heterocycles. The fourth-order valence-corrected chi connectivity index (χ4v) is 1.94. The largest absolute Gasteiger partial charge is 0.497 e. The second kappa shape index (κ2) is 6.10. The van der Waals surface area contributed by atoms with Crippen molar-refractivity contribution in [2.45, 2.75) is 13.3 Å². The Hall–Kier alpha value is -2.49. The topological polar surface area (TPSA) is 59.7 Å². The quantitative estimate of drug-likeness (QED) is 0.844. The average molecular weight is 272 g/mol. The summed E-state index contributed by atoms with van der Waals surface area (Å²) in [6, 6.07) is 9.38. The third-order valence-corrected chi connectivity index (χ3v) is 2.92. The molecule has 0 aliphatic carbocycles. The Morgan fingerprint density at radius 1 is 1.40 bits per heavy atom. The van der Waals surface area contributed by atoms with E-state index < -0.39 is 5.97 Å². The van der Waals surface area contributed by atoms with E-state index in [1.807, 2.05) is 37.3 Å². The van der Waals surface area contributed by atoms with Gasteiger partial charge in [0.15, 0.2) is 0 Å². The first-order valence-corrected chi connectivity index (χ1v) is 6.32. The molecule has 0 aliphatic heterocycles. The van der Waals surface area contributed by atoms with Crippen LogP contribution in [0.15, 0.2) is 40.8 Å². The molecule has 0 amide bonds. The van der Waals surface area contributed by atoms with Crippen molar-refractivity contribution in [1.82, 2.24) is 0 Å². The van der Waals surface area contributed by atoms with E-state index >= 15 is 0 Å². The molecule has 0 radical (unpaired) electrons. The molecule has 4 nitrogen and oxygen atoms in total. The van der Waals surface area contributed by atoms with Crippen molar-refractivity contribution in [3.63, 3.8) is 0 Å². The fraction of sp³-hybridized carbons (Fsp3) is 0.188. The van der Waals surface area contributed by atoms with E-state index in [0.29, 0.717) is 12.2 Å². The Kier molecular flexibility index (Phi) is 4.25. The molecule has 0 fully saturated rings. The summed E-state index contributed by atoms with van der Waals surface area (Å²) in [6.07, 6.45) is 3.36. The first-order valence-electron chi connectivity index (χ1n) is 6.32. The van der Waals surface area contributed by atoms with Crippen LogP contribution in [0, 0.1) is 0 Å². The molecular formula is C16H16O4. The van der Waals surface area contributed by atoms with Gasteiger partial charge in [0, 0.05) is 23.6 Å². The highest BCUT2D eigenvalue weighted by molar-refractivity contribution is 5.85. The lowest BCUT2D eigenvalue weighted by Gasteiger charge is -2.01. The number of aryl methyl sites for hydroxylation is 1. The van der Waals surface area contributed by atoms with E-state index in [2.05, 4.69) is 0 Å². The van der Waals surface area contributed by atoms with Crippen LogP contribution in [0.4, 0.5) is 0 Å². The molecule has 1 aromatic carbocycles. The van der Waals surface area contributed by atoms with Crippen molar-refractivity contribution in [2.75, 3.05) is 7.11 Å². The minimum Gasteiger partial charge on any atom is -0.497 e. The second-order valence-electron chi connectivity index (χ2n) is 4.25. The number of carbonyl (C=O) groups is 1. The predicted molar refractivity (Wildman–Crippen MR) is 76.7 cm³/mol. The predicted octanol–water partition coefficient (Wildman–Crippen LogP) is 3.62. The number of hydrogen-bond acceptors (Lipinski definition) is 3. The van der Waals surface area contributed by atoms with Gasteiger partial charge < -0.3 is 14.3 Å². The lowest BCUT2D eigenvalue weighted by Crippen LogP contribution is -1.86. The molecule has 4 heteroatoms. The highest BCUT2D eigenvalue weighted by atomic mass is 16.5. The standard InChI is InChI=1S/C16H16O4/c1-3-14-12(7-8-16(17)18)10-15(20-14)11-5-4-6-13(9-11)19-2/h4-10H,3H2,1-2H3,(H,17,18). The van der Waals surface area contributed by atoms with Gasteiger partial charge in [0.1, 0.15) is 17.3 Å². The van der Waals surface area contributed by atoms with Gasteiger partial charge in [-0.25, -0.2) is 4.79 Å². The van der Waals surface area contributed by atoms with Gasteiger partial charge in [-0.3, -0.25) is 0 Å². The van der Waals surface area contributed by atoms with Crippen LogP contribution in [0.3, 0.4) is 0 Å². The van der Waals surface area contributed by atoms with E-state index in [-0.39, 0.29) is 0 Å². The summed E-state index contributed by atoms with van der Waals surface area (Å²) < 4.78 is 11.0. The molecule has 1 aromatic heterocycles. The van der Waals surface area contributed by atoms with Crippen LogP contribution in [0.1, 0.15) is 18.2 Å². The van der Waals surface area contributed by atoms with Crippen molar-refractivity contribution in [2.24, 2.45) is 0 Å². The molecule has 104 valence electrons. The normalized spacial score (nSPS) is 10.9. The Balaban J connectivity index is 2.40. The monoisotopic (exact) mass is 272 g/mol.